The fourth-order valence-corrected chi connectivity index (χ4v) is 3.66. The summed E-state index contributed by atoms with van der Waals surface area (Å²) in [7, 11) is -9.48. The van der Waals surface area contributed by atoms with Crippen molar-refractivity contribution < 1.29 is 25.9 Å². The van der Waals surface area contributed by atoms with Gasteiger partial charge in [-0.25, -0.2) is 0 Å². The largest absolute Gasteiger partial charge is 0.296 e. The first-order valence-corrected chi connectivity index (χ1v) is 9.93. The van der Waals surface area contributed by atoms with Crippen LogP contribution < -0.4 is 0 Å². The molecule has 0 saturated heterocycles. The summed E-state index contributed by atoms with van der Waals surface area (Å²) in [6, 6.07) is 6.70. The minimum atomic E-state index is -4.76. The molecule has 11 heteroatoms. The molecule has 0 spiro atoms. The fraction of sp³-hybridized carbons (Fsp3) is 0.143. The van der Waals surface area contributed by atoms with E-state index in [2.05, 4.69) is 10.2 Å². The molecule has 0 aliphatic heterocycles. The van der Waals surface area contributed by atoms with Crippen molar-refractivity contribution in [3.05, 3.63) is 46.5 Å². The lowest BCUT2D eigenvalue weighted by molar-refractivity contribution is 0.478. The Morgan fingerprint density at radius 1 is 0.840 bits per heavy atom. The van der Waals surface area contributed by atoms with Crippen LogP contribution in [-0.2, 0) is 20.2 Å². The molecule has 134 valence electrons. The molecule has 8 nitrogen and oxygen atoms in total. The first-order chi connectivity index (χ1) is 11.4. The van der Waals surface area contributed by atoms with Gasteiger partial charge >= 0.3 is 0 Å². The third-order valence-electron chi connectivity index (χ3n) is 3.20. The topological polar surface area (TPSA) is 133 Å². The molecule has 0 radical (unpaired) electrons. The molecule has 25 heavy (non-hydrogen) atoms. The first kappa shape index (κ1) is 19.5. The van der Waals surface area contributed by atoms with Gasteiger partial charge in [-0.1, -0.05) is 23.7 Å². The Morgan fingerprint density at radius 2 is 1.40 bits per heavy atom. The molecule has 0 atom stereocenters. The molecule has 0 saturated carbocycles. The van der Waals surface area contributed by atoms with Crippen molar-refractivity contribution in [2.75, 3.05) is 0 Å². The van der Waals surface area contributed by atoms with E-state index in [1.165, 1.54) is 0 Å². The predicted octanol–water partition coefficient (Wildman–Crippen LogP) is 3.87. The molecule has 0 aliphatic rings. The molecular formula is C14H13ClN2O6S2. The van der Waals surface area contributed by atoms with Crippen molar-refractivity contribution in [1.82, 2.24) is 0 Å². The highest BCUT2D eigenvalue weighted by molar-refractivity contribution is 7.86. The van der Waals surface area contributed by atoms with E-state index in [9.17, 15) is 21.4 Å². The molecule has 2 aromatic rings. The zero-order valence-corrected chi connectivity index (χ0v) is 15.4. The first-order valence-electron chi connectivity index (χ1n) is 6.67. The summed E-state index contributed by atoms with van der Waals surface area (Å²) in [5, 5.41) is 7.02. The number of hydrogen-bond donors (Lipinski definition) is 2. The predicted molar refractivity (Wildman–Crippen MR) is 91.2 cm³/mol. The minimum Gasteiger partial charge on any atom is -0.282 e. The van der Waals surface area contributed by atoms with Crippen LogP contribution >= 0.6 is 11.6 Å². The summed E-state index contributed by atoms with van der Waals surface area (Å²) >= 11 is 5.67. The molecule has 2 N–H and O–H groups in total. The summed E-state index contributed by atoms with van der Waals surface area (Å²) in [5.41, 5.74) is 1.56. The average molecular weight is 405 g/mol. The van der Waals surface area contributed by atoms with Crippen LogP contribution in [-0.4, -0.2) is 25.9 Å². The summed E-state index contributed by atoms with van der Waals surface area (Å²) in [5.74, 6) is 0. The molecular weight excluding hydrogens is 392 g/mol. The highest BCUT2D eigenvalue weighted by atomic mass is 35.5. The number of aryl methyl sites for hydroxylation is 2. The van der Waals surface area contributed by atoms with Crippen molar-refractivity contribution in [2.24, 2.45) is 10.2 Å². The normalized spacial score (nSPS) is 12.7. The van der Waals surface area contributed by atoms with E-state index in [1.807, 2.05) is 13.0 Å². The number of hydrogen-bond acceptors (Lipinski definition) is 6. The van der Waals surface area contributed by atoms with Gasteiger partial charge in [-0.05, 0) is 43.2 Å². The lowest BCUT2D eigenvalue weighted by atomic mass is 10.1. The van der Waals surface area contributed by atoms with Gasteiger partial charge in [0, 0.05) is 0 Å². The van der Waals surface area contributed by atoms with E-state index >= 15 is 0 Å². The third-order valence-corrected chi connectivity index (χ3v) is 5.40. The van der Waals surface area contributed by atoms with Crippen molar-refractivity contribution >= 4 is 43.2 Å². The van der Waals surface area contributed by atoms with Gasteiger partial charge in [-0.3, -0.25) is 9.11 Å². The van der Waals surface area contributed by atoms with Crippen LogP contribution in [0.2, 0.25) is 5.02 Å². The van der Waals surface area contributed by atoms with Crippen molar-refractivity contribution in [3.63, 3.8) is 0 Å². The Labute approximate surface area is 149 Å². The van der Waals surface area contributed by atoms with E-state index in [-0.39, 0.29) is 0 Å². The SMILES string of the molecule is Cc1ccc(C)c(N=Nc2cc(S(=O)(=O)O)c(Cl)cc2S(=O)(=O)O)c1. The lowest BCUT2D eigenvalue weighted by Gasteiger charge is -2.07. The maximum Gasteiger partial charge on any atom is 0.296 e. The smallest absolute Gasteiger partial charge is 0.282 e. The van der Waals surface area contributed by atoms with Gasteiger partial charge < -0.3 is 0 Å². The van der Waals surface area contributed by atoms with Crippen molar-refractivity contribution in [1.29, 1.82) is 0 Å². The van der Waals surface area contributed by atoms with Gasteiger partial charge in [-0.15, -0.1) is 5.11 Å². The third kappa shape index (κ3) is 4.61. The highest BCUT2D eigenvalue weighted by Crippen LogP contribution is 2.34. The van der Waals surface area contributed by atoms with E-state index in [1.54, 1.807) is 19.1 Å². The summed E-state index contributed by atoms with van der Waals surface area (Å²) in [4.78, 5) is -1.49. The van der Waals surface area contributed by atoms with E-state index in [0.717, 1.165) is 17.2 Å². The standard InChI is InChI=1S/C14H13ClN2O6S2/c1-8-3-4-9(2)11(5-8)16-17-12-7-13(24(18,19)20)10(15)6-14(12)25(21,22)23/h3-7H,1-2H3,(H,18,19,20)(H,21,22,23). The van der Waals surface area contributed by atoms with E-state index < -0.39 is 40.7 Å². The van der Waals surface area contributed by atoms with Crippen LogP contribution in [0.25, 0.3) is 0 Å². The Balaban J connectivity index is 2.70. The van der Waals surface area contributed by atoms with Crippen molar-refractivity contribution in [2.45, 2.75) is 23.6 Å². The van der Waals surface area contributed by atoms with Crippen LogP contribution in [0.1, 0.15) is 11.1 Å². The molecule has 0 aliphatic carbocycles. The molecule has 0 aromatic heterocycles. The van der Waals surface area contributed by atoms with Gasteiger partial charge in [0.2, 0.25) is 0 Å². The van der Waals surface area contributed by atoms with Crippen LogP contribution in [0.3, 0.4) is 0 Å². The Bertz CT molecular complexity index is 1080. The minimum absolute atomic E-state index is 0.421. The zero-order valence-electron chi connectivity index (χ0n) is 13.0. The van der Waals surface area contributed by atoms with Crippen LogP contribution in [0.4, 0.5) is 11.4 Å². The zero-order chi connectivity index (χ0) is 19.0. The number of azo groups is 1. The second-order valence-electron chi connectivity index (χ2n) is 5.19. The molecule has 0 heterocycles. The summed E-state index contributed by atoms with van der Waals surface area (Å²) in [6.45, 7) is 3.57. The maximum atomic E-state index is 11.5. The van der Waals surface area contributed by atoms with Gasteiger partial charge in [-0.2, -0.15) is 21.9 Å². The lowest BCUT2D eigenvalue weighted by Crippen LogP contribution is -2.03. The second-order valence-corrected chi connectivity index (χ2v) is 8.38. The second kappa shape index (κ2) is 6.81. The Kier molecular flexibility index (Phi) is 5.30. The summed E-state index contributed by atoms with van der Waals surface area (Å²) in [6.07, 6.45) is 0. The Hall–Kier alpha value is -1.85. The van der Waals surface area contributed by atoms with Crippen LogP contribution in [0.15, 0.2) is 50.4 Å². The maximum absolute atomic E-state index is 11.5. The van der Waals surface area contributed by atoms with Gasteiger partial charge in [0.05, 0.1) is 10.7 Å². The quantitative estimate of drug-likeness (QED) is 0.586. The van der Waals surface area contributed by atoms with E-state index in [4.69, 9.17) is 16.2 Å². The van der Waals surface area contributed by atoms with Gasteiger partial charge in [0.1, 0.15) is 15.5 Å². The van der Waals surface area contributed by atoms with Crippen molar-refractivity contribution in [3.8, 4) is 0 Å². The summed E-state index contributed by atoms with van der Waals surface area (Å²) < 4.78 is 64.1. The highest BCUT2D eigenvalue weighted by Gasteiger charge is 2.23. The van der Waals surface area contributed by atoms with Gasteiger partial charge in [0.15, 0.2) is 0 Å². The monoisotopic (exact) mass is 404 g/mol. The number of rotatable bonds is 4. The number of halogens is 1. The van der Waals surface area contributed by atoms with Gasteiger partial charge in [0.25, 0.3) is 20.2 Å². The fourth-order valence-electron chi connectivity index (χ4n) is 1.94. The molecule has 2 aromatic carbocycles. The number of nitrogens with zero attached hydrogens (tertiary/aromatic N) is 2. The molecule has 2 rings (SSSR count). The molecule has 0 bridgehead atoms. The molecule has 0 fully saturated rings. The average Bonchev–Trinajstić information content (AvgIpc) is 2.46. The van der Waals surface area contributed by atoms with E-state index in [0.29, 0.717) is 11.8 Å². The van der Waals surface area contributed by atoms with Crippen LogP contribution in [0.5, 0.6) is 0 Å². The Morgan fingerprint density at radius 3 is 1.96 bits per heavy atom. The molecule has 0 amide bonds. The van der Waals surface area contributed by atoms with Crippen LogP contribution in [0, 0.1) is 13.8 Å². The molecule has 0 unspecified atom stereocenters. The number of benzene rings is 2.